The van der Waals surface area contributed by atoms with Crippen LogP contribution in [-0.4, -0.2) is 23.3 Å². The maximum absolute atomic E-state index is 11.1. The average molecular weight is 178 g/mol. The van der Waals surface area contributed by atoms with Crippen molar-refractivity contribution >= 4 is 11.6 Å². The molecule has 0 unspecified atom stereocenters. The molecule has 0 aliphatic rings. The average Bonchev–Trinajstić information content (AvgIpc) is 2.16. The molecule has 68 valence electrons. The summed E-state index contributed by atoms with van der Waals surface area (Å²) in [7, 11) is 0. The third-order valence-electron chi connectivity index (χ3n) is 1.75. The van der Waals surface area contributed by atoms with E-state index in [1.165, 1.54) is 13.0 Å². The van der Waals surface area contributed by atoms with Crippen LogP contribution in [0, 0.1) is 0 Å². The summed E-state index contributed by atoms with van der Waals surface area (Å²) in [6.45, 7) is 0.827. The van der Waals surface area contributed by atoms with E-state index < -0.39 is 12.4 Å². The van der Waals surface area contributed by atoms with Crippen molar-refractivity contribution < 1.29 is 14.7 Å². The van der Waals surface area contributed by atoms with E-state index in [2.05, 4.69) is 0 Å². The van der Waals surface area contributed by atoms with Gasteiger partial charge in [0.25, 0.3) is 0 Å². The highest BCUT2D eigenvalue weighted by Gasteiger charge is 2.11. The Balaban J connectivity index is 3.19. The third kappa shape index (κ3) is 2.00. The van der Waals surface area contributed by atoms with Gasteiger partial charge in [-0.1, -0.05) is 24.3 Å². The number of hydrogen-bond acceptors (Lipinski definition) is 3. The van der Waals surface area contributed by atoms with Gasteiger partial charge in [0.15, 0.2) is 11.6 Å². The van der Waals surface area contributed by atoms with Gasteiger partial charge in [-0.05, 0) is 6.92 Å². The number of hydrogen-bond donors (Lipinski definition) is 1. The van der Waals surface area contributed by atoms with Gasteiger partial charge in [0.05, 0.1) is 0 Å². The molecule has 0 heterocycles. The minimum atomic E-state index is -0.565. The fraction of sp³-hybridized carbons (Fsp3) is 0.200. The molecule has 0 fully saturated rings. The normalized spacial score (nSPS) is 9.69. The summed E-state index contributed by atoms with van der Waals surface area (Å²) in [5.41, 5.74) is 0.652. The quantitative estimate of drug-likeness (QED) is 0.704. The Bertz CT molecular complexity index is 342. The van der Waals surface area contributed by atoms with E-state index in [-0.39, 0.29) is 11.3 Å². The second kappa shape index (κ2) is 3.96. The van der Waals surface area contributed by atoms with Crippen molar-refractivity contribution in [3.05, 3.63) is 35.4 Å². The number of benzene rings is 1. The molecule has 1 N–H and O–H groups in total. The molecule has 0 aliphatic carbocycles. The molecule has 0 radical (unpaired) electrons. The molecular formula is C10H10O3. The molecule has 0 saturated heterocycles. The van der Waals surface area contributed by atoms with E-state index in [9.17, 15) is 9.59 Å². The molecular weight excluding hydrogens is 168 g/mol. The van der Waals surface area contributed by atoms with E-state index in [0.29, 0.717) is 5.56 Å². The Morgan fingerprint density at radius 1 is 1.23 bits per heavy atom. The molecule has 3 nitrogen and oxygen atoms in total. The SMILES string of the molecule is CC(=O)c1ccccc1C(=O)CO. The van der Waals surface area contributed by atoms with Crippen LogP contribution in [0.15, 0.2) is 24.3 Å². The largest absolute Gasteiger partial charge is 0.388 e. The Kier molecular flexibility index (Phi) is 2.93. The summed E-state index contributed by atoms with van der Waals surface area (Å²) in [6.07, 6.45) is 0. The highest BCUT2D eigenvalue weighted by Crippen LogP contribution is 2.09. The van der Waals surface area contributed by atoms with Crippen molar-refractivity contribution in [2.75, 3.05) is 6.61 Å². The second-order valence-corrected chi connectivity index (χ2v) is 2.68. The van der Waals surface area contributed by atoms with Gasteiger partial charge in [0, 0.05) is 11.1 Å². The Labute approximate surface area is 76.0 Å². The van der Waals surface area contributed by atoms with Crippen LogP contribution >= 0.6 is 0 Å². The highest BCUT2D eigenvalue weighted by atomic mass is 16.3. The fourth-order valence-corrected chi connectivity index (χ4v) is 1.12. The van der Waals surface area contributed by atoms with Gasteiger partial charge in [-0.25, -0.2) is 0 Å². The summed E-state index contributed by atoms with van der Waals surface area (Å²) in [5, 5.41) is 8.63. The summed E-state index contributed by atoms with van der Waals surface area (Å²) < 4.78 is 0. The van der Waals surface area contributed by atoms with Gasteiger partial charge in [-0.15, -0.1) is 0 Å². The summed E-state index contributed by atoms with van der Waals surface area (Å²) >= 11 is 0. The van der Waals surface area contributed by atoms with Gasteiger partial charge in [0.1, 0.15) is 6.61 Å². The van der Waals surface area contributed by atoms with E-state index in [1.807, 2.05) is 0 Å². The molecule has 1 aromatic carbocycles. The zero-order valence-corrected chi connectivity index (χ0v) is 7.28. The predicted molar refractivity (Wildman–Crippen MR) is 47.9 cm³/mol. The molecule has 0 aliphatic heterocycles. The Hall–Kier alpha value is -1.48. The molecule has 0 saturated carbocycles. The Morgan fingerprint density at radius 3 is 2.23 bits per heavy atom. The number of ketones is 2. The maximum atomic E-state index is 11.1. The summed E-state index contributed by atoms with van der Waals surface area (Å²) in [6, 6.07) is 6.46. The molecule has 1 aromatic rings. The first-order chi connectivity index (χ1) is 6.16. The molecule has 1 rings (SSSR count). The number of Topliss-reactive ketones (excluding diaryl/α,β-unsaturated/α-hetero) is 2. The van der Waals surface area contributed by atoms with Crippen molar-refractivity contribution in [1.82, 2.24) is 0 Å². The van der Waals surface area contributed by atoms with E-state index in [0.717, 1.165) is 0 Å². The van der Waals surface area contributed by atoms with Gasteiger partial charge < -0.3 is 5.11 Å². The van der Waals surface area contributed by atoms with Crippen LogP contribution in [0.5, 0.6) is 0 Å². The van der Waals surface area contributed by atoms with Crippen LogP contribution in [0.2, 0.25) is 0 Å². The monoisotopic (exact) mass is 178 g/mol. The van der Waals surface area contributed by atoms with Gasteiger partial charge in [0.2, 0.25) is 0 Å². The Morgan fingerprint density at radius 2 is 1.77 bits per heavy atom. The standard InChI is InChI=1S/C10H10O3/c1-7(12)8-4-2-3-5-9(8)10(13)6-11/h2-5,11H,6H2,1H3. The number of carbonyl (C=O) groups excluding carboxylic acids is 2. The van der Waals surface area contributed by atoms with Gasteiger partial charge >= 0.3 is 0 Å². The zero-order chi connectivity index (χ0) is 9.84. The number of aliphatic hydroxyl groups is 1. The topological polar surface area (TPSA) is 54.4 Å². The highest BCUT2D eigenvalue weighted by molar-refractivity contribution is 6.08. The third-order valence-corrected chi connectivity index (χ3v) is 1.75. The lowest BCUT2D eigenvalue weighted by Gasteiger charge is -2.02. The van der Waals surface area contributed by atoms with E-state index in [4.69, 9.17) is 5.11 Å². The molecule has 3 heteroatoms. The molecule has 0 bridgehead atoms. The van der Waals surface area contributed by atoms with Crippen molar-refractivity contribution in [3.8, 4) is 0 Å². The number of carbonyl (C=O) groups is 2. The van der Waals surface area contributed by atoms with Crippen LogP contribution < -0.4 is 0 Å². The minimum Gasteiger partial charge on any atom is -0.388 e. The van der Waals surface area contributed by atoms with Crippen molar-refractivity contribution in [1.29, 1.82) is 0 Å². The van der Waals surface area contributed by atoms with Gasteiger partial charge in [-0.3, -0.25) is 9.59 Å². The lowest BCUT2D eigenvalue weighted by Crippen LogP contribution is -2.09. The summed E-state index contributed by atoms with van der Waals surface area (Å²) in [4.78, 5) is 22.2. The van der Waals surface area contributed by atoms with Gasteiger partial charge in [-0.2, -0.15) is 0 Å². The number of aliphatic hydroxyl groups excluding tert-OH is 1. The zero-order valence-electron chi connectivity index (χ0n) is 7.28. The van der Waals surface area contributed by atoms with E-state index in [1.54, 1.807) is 18.2 Å². The first-order valence-corrected chi connectivity index (χ1v) is 3.91. The number of rotatable bonds is 3. The minimum absolute atomic E-state index is 0.169. The fourth-order valence-electron chi connectivity index (χ4n) is 1.12. The van der Waals surface area contributed by atoms with Crippen molar-refractivity contribution in [3.63, 3.8) is 0 Å². The molecule has 0 amide bonds. The first kappa shape index (κ1) is 9.61. The molecule has 0 spiro atoms. The summed E-state index contributed by atoms with van der Waals surface area (Å²) in [5.74, 6) is -0.594. The van der Waals surface area contributed by atoms with Crippen LogP contribution in [0.25, 0.3) is 0 Å². The first-order valence-electron chi connectivity index (χ1n) is 3.91. The van der Waals surface area contributed by atoms with Crippen LogP contribution in [0.3, 0.4) is 0 Å². The maximum Gasteiger partial charge on any atom is 0.188 e. The lowest BCUT2D eigenvalue weighted by atomic mass is 10.0. The van der Waals surface area contributed by atoms with Crippen molar-refractivity contribution in [2.45, 2.75) is 6.92 Å². The van der Waals surface area contributed by atoms with Crippen LogP contribution in [0.4, 0.5) is 0 Å². The van der Waals surface area contributed by atoms with E-state index >= 15 is 0 Å². The smallest absolute Gasteiger partial charge is 0.188 e. The van der Waals surface area contributed by atoms with Crippen LogP contribution in [0.1, 0.15) is 27.6 Å². The second-order valence-electron chi connectivity index (χ2n) is 2.68. The molecule has 0 aromatic heterocycles. The molecule has 13 heavy (non-hydrogen) atoms. The molecule has 0 atom stereocenters. The lowest BCUT2D eigenvalue weighted by molar-refractivity contribution is 0.0895. The predicted octanol–water partition coefficient (Wildman–Crippen LogP) is 1.06. The van der Waals surface area contributed by atoms with Crippen molar-refractivity contribution in [2.24, 2.45) is 0 Å². The van der Waals surface area contributed by atoms with Crippen LogP contribution in [-0.2, 0) is 0 Å².